The van der Waals surface area contributed by atoms with E-state index in [9.17, 15) is 5.11 Å². The van der Waals surface area contributed by atoms with Gasteiger partial charge in [0.15, 0.2) is 5.75 Å². The summed E-state index contributed by atoms with van der Waals surface area (Å²) >= 11 is 3.30. The Labute approximate surface area is 90.5 Å². The Hall–Kier alpha value is -0.870. The van der Waals surface area contributed by atoms with E-state index in [0.29, 0.717) is 5.75 Å². The van der Waals surface area contributed by atoms with Gasteiger partial charge >= 0.3 is 0 Å². The molecule has 14 heavy (non-hydrogen) atoms. The van der Waals surface area contributed by atoms with Crippen LogP contribution >= 0.6 is 23.1 Å². The zero-order chi connectivity index (χ0) is 10.1. The number of methoxy groups -OCH3 is 1. The quantitative estimate of drug-likeness (QED) is 0.796. The van der Waals surface area contributed by atoms with E-state index in [0.717, 1.165) is 20.0 Å². The van der Waals surface area contributed by atoms with E-state index in [1.807, 2.05) is 12.3 Å². The Morgan fingerprint density at radius 2 is 2.21 bits per heavy atom. The number of hydrogen-bond donors (Lipinski definition) is 1. The van der Waals surface area contributed by atoms with Crippen LogP contribution in [0.4, 0.5) is 0 Å². The molecule has 0 aliphatic rings. The first-order valence-corrected chi connectivity index (χ1v) is 6.14. The number of rotatable bonds is 2. The number of thiophene rings is 1. The van der Waals surface area contributed by atoms with Crippen molar-refractivity contribution >= 4 is 33.2 Å². The summed E-state index contributed by atoms with van der Waals surface area (Å²) in [5.41, 5.74) is 0. The predicted octanol–water partition coefficient (Wildman–Crippen LogP) is 3.34. The Bertz CT molecular complexity index is 462. The third-order valence-electron chi connectivity index (χ3n) is 1.99. The lowest BCUT2D eigenvalue weighted by molar-refractivity contribution is 0.413. The molecule has 0 fully saturated rings. The van der Waals surface area contributed by atoms with Crippen molar-refractivity contribution in [3.8, 4) is 11.5 Å². The average Bonchev–Trinajstić information content (AvgIpc) is 2.54. The number of aromatic hydroxyl groups is 1. The first kappa shape index (κ1) is 9.68. The molecule has 1 aromatic carbocycles. The van der Waals surface area contributed by atoms with Gasteiger partial charge in [0.25, 0.3) is 0 Å². The minimum absolute atomic E-state index is 0.300. The van der Waals surface area contributed by atoms with Crippen molar-refractivity contribution in [2.24, 2.45) is 0 Å². The SMILES string of the molecule is COc1c(SC)sc2cc(O)ccc12. The zero-order valence-corrected chi connectivity index (χ0v) is 9.54. The van der Waals surface area contributed by atoms with Gasteiger partial charge in [-0.2, -0.15) is 0 Å². The summed E-state index contributed by atoms with van der Waals surface area (Å²) in [6, 6.07) is 5.34. The van der Waals surface area contributed by atoms with Crippen molar-refractivity contribution in [3.63, 3.8) is 0 Å². The molecule has 0 amide bonds. The summed E-state index contributed by atoms with van der Waals surface area (Å²) in [5.74, 6) is 1.21. The van der Waals surface area contributed by atoms with Gasteiger partial charge in [0.05, 0.1) is 7.11 Å². The van der Waals surface area contributed by atoms with Crippen molar-refractivity contribution in [2.45, 2.75) is 4.21 Å². The van der Waals surface area contributed by atoms with Gasteiger partial charge < -0.3 is 9.84 Å². The molecule has 74 valence electrons. The smallest absolute Gasteiger partial charge is 0.151 e. The van der Waals surface area contributed by atoms with Crippen LogP contribution in [0, 0.1) is 0 Å². The lowest BCUT2D eigenvalue weighted by Gasteiger charge is -1.99. The summed E-state index contributed by atoms with van der Waals surface area (Å²) < 4.78 is 7.54. The number of ether oxygens (including phenoxy) is 1. The van der Waals surface area contributed by atoms with E-state index in [-0.39, 0.29) is 0 Å². The molecule has 0 bridgehead atoms. The highest BCUT2D eigenvalue weighted by Gasteiger charge is 2.11. The predicted molar refractivity (Wildman–Crippen MR) is 61.8 cm³/mol. The molecular weight excluding hydrogens is 216 g/mol. The summed E-state index contributed by atoms with van der Waals surface area (Å²) in [6.07, 6.45) is 2.02. The molecule has 4 heteroatoms. The molecule has 0 aliphatic heterocycles. The van der Waals surface area contributed by atoms with Crippen LogP contribution in [0.3, 0.4) is 0 Å². The van der Waals surface area contributed by atoms with Crippen molar-refractivity contribution in [1.82, 2.24) is 0 Å². The molecule has 2 nitrogen and oxygen atoms in total. The minimum Gasteiger partial charge on any atom is -0.508 e. The van der Waals surface area contributed by atoms with Crippen LogP contribution in [-0.2, 0) is 0 Å². The maximum absolute atomic E-state index is 9.33. The molecule has 0 spiro atoms. The second-order valence-electron chi connectivity index (χ2n) is 2.81. The van der Waals surface area contributed by atoms with Crippen molar-refractivity contribution in [2.75, 3.05) is 13.4 Å². The number of thioether (sulfide) groups is 1. The van der Waals surface area contributed by atoms with Gasteiger partial charge in [0, 0.05) is 10.1 Å². The van der Waals surface area contributed by atoms with E-state index >= 15 is 0 Å². The zero-order valence-electron chi connectivity index (χ0n) is 7.90. The normalized spacial score (nSPS) is 10.7. The Balaban J connectivity index is 2.73. The highest BCUT2D eigenvalue weighted by Crippen LogP contribution is 2.43. The molecule has 0 saturated carbocycles. The van der Waals surface area contributed by atoms with Gasteiger partial charge in [-0.15, -0.1) is 23.1 Å². The fourth-order valence-corrected chi connectivity index (χ4v) is 3.28. The molecular formula is C10H10O2S2. The molecule has 0 radical (unpaired) electrons. The molecule has 1 aromatic heterocycles. The number of fused-ring (bicyclic) bond motifs is 1. The van der Waals surface area contributed by atoms with Gasteiger partial charge in [0.2, 0.25) is 0 Å². The molecule has 2 aromatic rings. The average molecular weight is 226 g/mol. The van der Waals surface area contributed by atoms with E-state index in [2.05, 4.69) is 0 Å². The van der Waals surface area contributed by atoms with Crippen LogP contribution in [0.15, 0.2) is 22.4 Å². The topological polar surface area (TPSA) is 29.5 Å². The monoisotopic (exact) mass is 226 g/mol. The number of hydrogen-bond acceptors (Lipinski definition) is 4. The van der Waals surface area contributed by atoms with E-state index in [1.165, 1.54) is 0 Å². The van der Waals surface area contributed by atoms with Crippen LogP contribution in [-0.4, -0.2) is 18.5 Å². The first-order valence-electron chi connectivity index (χ1n) is 4.09. The van der Waals surface area contributed by atoms with E-state index in [4.69, 9.17) is 4.74 Å². The molecule has 0 saturated heterocycles. The lowest BCUT2D eigenvalue weighted by atomic mass is 10.2. The van der Waals surface area contributed by atoms with Crippen molar-refractivity contribution < 1.29 is 9.84 Å². The van der Waals surface area contributed by atoms with Gasteiger partial charge in [-0.25, -0.2) is 0 Å². The third kappa shape index (κ3) is 1.44. The second-order valence-corrected chi connectivity index (χ2v) is 4.93. The second kappa shape index (κ2) is 3.71. The van der Waals surface area contributed by atoms with Gasteiger partial charge in [-0.3, -0.25) is 0 Å². The van der Waals surface area contributed by atoms with Crippen molar-refractivity contribution in [1.29, 1.82) is 0 Å². The molecule has 0 atom stereocenters. The summed E-state index contributed by atoms with van der Waals surface area (Å²) in [6.45, 7) is 0. The highest BCUT2D eigenvalue weighted by molar-refractivity contribution is 8.00. The van der Waals surface area contributed by atoms with Gasteiger partial charge in [-0.05, 0) is 24.5 Å². The molecule has 0 unspecified atom stereocenters. The number of phenols is 1. The standard InChI is InChI=1S/C10H10O2S2/c1-12-9-7-4-3-6(11)5-8(7)14-10(9)13-2/h3-5,11H,1-2H3. The van der Waals surface area contributed by atoms with E-state index < -0.39 is 0 Å². The fourth-order valence-electron chi connectivity index (χ4n) is 1.37. The van der Waals surface area contributed by atoms with E-state index in [1.54, 1.807) is 42.3 Å². The van der Waals surface area contributed by atoms with Crippen LogP contribution in [0.2, 0.25) is 0 Å². The maximum atomic E-state index is 9.33. The molecule has 1 N–H and O–H groups in total. The number of phenolic OH excluding ortho intramolecular Hbond substituents is 1. The van der Waals surface area contributed by atoms with Crippen LogP contribution in [0.5, 0.6) is 11.5 Å². The summed E-state index contributed by atoms with van der Waals surface area (Å²) in [7, 11) is 1.67. The van der Waals surface area contributed by atoms with Crippen LogP contribution < -0.4 is 4.74 Å². The Morgan fingerprint density at radius 3 is 2.86 bits per heavy atom. The number of benzene rings is 1. The highest BCUT2D eigenvalue weighted by atomic mass is 32.2. The Kier molecular flexibility index (Phi) is 2.56. The molecule has 0 aliphatic carbocycles. The van der Waals surface area contributed by atoms with Gasteiger partial charge in [-0.1, -0.05) is 0 Å². The first-order chi connectivity index (χ1) is 6.76. The Morgan fingerprint density at radius 1 is 1.43 bits per heavy atom. The third-order valence-corrected chi connectivity index (χ3v) is 4.22. The minimum atomic E-state index is 0.300. The van der Waals surface area contributed by atoms with Crippen molar-refractivity contribution in [3.05, 3.63) is 18.2 Å². The van der Waals surface area contributed by atoms with Crippen LogP contribution in [0.25, 0.3) is 10.1 Å². The van der Waals surface area contributed by atoms with Crippen LogP contribution in [0.1, 0.15) is 0 Å². The maximum Gasteiger partial charge on any atom is 0.151 e. The molecule has 1 heterocycles. The lowest BCUT2D eigenvalue weighted by Crippen LogP contribution is -1.81. The fraction of sp³-hybridized carbons (Fsp3) is 0.200. The summed E-state index contributed by atoms with van der Waals surface area (Å²) in [5, 5.41) is 10.4. The van der Waals surface area contributed by atoms with Gasteiger partial charge in [0.1, 0.15) is 9.96 Å². The largest absolute Gasteiger partial charge is 0.508 e. The summed E-state index contributed by atoms with van der Waals surface area (Å²) in [4.78, 5) is 0. The molecule has 2 rings (SSSR count).